The number of hydrogen-bond donors (Lipinski definition) is 4. The number of aliphatic hydroxyl groups is 1. The molecule has 0 heterocycles. The van der Waals surface area contributed by atoms with Gasteiger partial charge in [0.15, 0.2) is 0 Å². The number of ether oxygens (including phenoxy) is 1. The van der Waals surface area contributed by atoms with Gasteiger partial charge in [0.2, 0.25) is 11.8 Å². The van der Waals surface area contributed by atoms with Gasteiger partial charge in [-0.25, -0.2) is 4.79 Å². The van der Waals surface area contributed by atoms with E-state index in [1.165, 1.54) is 89.9 Å². The molecule has 0 saturated heterocycles. The van der Waals surface area contributed by atoms with Crippen molar-refractivity contribution < 1.29 is 34.1 Å². The lowest BCUT2D eigenvalue weighted by atomic mass is 10.0. The number of unbranched alkanes of at least 4 members (excludes halogenated alkanes) is 18. The van der Waals surface area contributed by atoms with Gasteiger partial charge in [-0.3, -0.25) is 14.4 Å². The SMILES string of the molecule is CC/C=C\C/C=C\C/C=C\C/C=C\CCC(=O)OC(CCCCCCCCCCCCCCCCC)CCCCCCCC(=O)NCC(=O)NC(CO)C(=O)O. The molecule has 0 bridgehead atoms. The van der Waals surface area contributed by atoms with Crippen LogP contribution in [0.2, 0.25) is 0 Å². The van der Waals surface area contributed by atoms with Gasteiger partial charge < -0.3 is 25.6 Å². The van der Waals surface area contributed by atoms with E-state index < -0.39 is 24.5 Å². The lowest BCUT2D eigenvalue weighted by Crippen LogP contribution is -2.47. The molecule has 0 aromatic heterocycles. The average molecular weight is 787 g/mol. The van der Waals surface area contributed by atoms with Gasteiger partial charge in [0.05, 0.1) is 13.2 Å². The molecule has 0 saturated carbocycles. The van der Waals surface area contributed by atoms with Crippen molar-refractivity contribution in [1.29, 1.82) is 0 Å². The highest BCUT2D eigenvalue weighted by Gasteiger charge is 2.19. The highest BCUT2D eigenvalue weighted by atomic mass is 16.5. The molecule has 0 aliphatic heterocycles. The standard InChI is InChI=1S/C47H82N2O7/c1-3-5-7-9-11-13-15-17-18-20-21-23-25-28-32-36-42(56-46(53)39-35-31-26-24-22-19-16-14-12-10-8-6-4-2)37-33-29-27-30-34-38-44(51)48-40-45(52)49-43(41-50)47(54)55/h6,8,12,14,19,22,26,31,42-43,50H,3-5,7,9-11,13,15-18,20-21,23-25,27-30,32-41H2,1-2H3,(H,48,51)(H,49,52)(H,54,55)/b8-6-,14-12-,22-19-,31-26-. The minimum Gasteiger partial charge on any atom is -0.480 e. The number of aliphatic hydroxyl groups excluding tert-OH is 1. The minimum absolute atomic E-state index is 0.0506. The zero-order valence-electron chi connectivity index (χ0n) is 35.6. The minimum atomic E-state index is -1.39. The van der Waals surface area contributed by atoms with Crippen molar-refractivity contribution in [3.05, 3.63) is 48.6 Å². The summed E-state index contributed by atoms with van der Waals surface area (Å²) in [6.07, 6.45) is 48.6. The summed E-state index contributed by atoms with van der Waals surface area (Å²) >= 11 is 0. The summed E-state index contributed by atoms with van der Waals surface area (Å²) in [6, 6.07) is -1.39. The van der Waals surface area contributed by atoms with E-state index >= 15 is 0 Å². The van der Waals surface area contributed by atoms with Gasteiger partial charge in [0, 0.05) is 12.8 Å². The summed E-state index contributed by atoms with van der Waals surface area (Å²) in [6.45, 7) is 3.36. The van der Waals surface area contributed by atoms with E-state index in [1.807, 2.05) is 0 Å². The highest BCUT2D eigenvalue weighted by molar-refractivity contribution is 5.87. The zero-order chi connectivity index (χ0) is 41.2. The Morgan fingerprint density at radius 1 is 0.554 bits per heavy atom. The Morgan fingerprint density at radius 3 is 1.46 bits per heavy atom. The van der Waals surface area contributed by atoms with E-state index in [-0.39, 0.29) is 30.9 Å². The third-order valence-electron chi connectivity index (χ3n) is 9.85. The van der Waals surface area contributed by atoms with Crippen molar-refractivity contribution in [2.75, 3.05) is 13.2 Å². The number of nitrogens with one attached hydrogen (secondary N) is 2. The van der Waals surface area contributed by atoms with Gasteiger partial charge in [-0.2, -0.15) is 0 Å². The van der Waals surface area contributed by atoms with E-state index in [4.69, 9.17) is 14.9 Å². The molecule has 0 aliphatic carbocycles. The molecule has 2 unspecified atom stereocenters. The van der Waals surface area contributed by atoms with E-state index in [0.29, 0.717) is 19.3 Å². The third kappa shape index (κ3) is 37.7. The van der Waals surface area contributed by atoms with Crippen LogP contribution < -0.4 is 10.6 Å². The average Bonchev–Trinajstić information content (AvgIpc) is 3.18. The molecule has 0 spiro atoms. The molecule has 2 amide bonds. The summed E-state index contributed by atoms with van der Waals surface area (Å²) in [5.41, 5.74) is 0. The van der Waals surface area contributed by atoms with Crippen molar-refractivity contribution >= 4 is 23.8 Å². The number of rotatable bonds is 40. The number of carbonyl (C=O) groups is 4. The maximum Gasteiger partial charge on any atom is 0.328 e. The summed E-state index contributed by atoms with van der Waals surface area (Å²) in [4.78, 5) is 47.6. The molecule has 0 aromatic carbocycles. The van der Waals surface area contributed by atoms with E-state index in [1.54, 1.807) is 0 Å². The molecule has 0 aliphatic rings. The van der Waals surface area contributed by atoms with Crippen molar-refractivity contribution in [2.45, 2.75) is 212 Å². The molecule has 56 heavy (non-hydrogen) atoms. The number of carbonyl (C=O) groups excluding carboxylic acids is 3. The zero-order valence-corrected chi connectivity index (χ0v) is 35.6. The maximum absolute atomic E-state index is 12.8. The molecule has 0 rings (SSSR count). The fourth-order valence-corrected chi connectivity index (χ4v) is 6.44. The lowest BCUT2D eigenvalue weighted by molar-refractivity contribution is -0.149. The summed E-state index contributed by atoms with van der Waals surface area (Å²) < 4.78 is 6.00. The molecule has 0 radical (unpaired) electrons. The smallest absolute Gasteiger partial charge is 0.328 e. The van der Waals surface area contributed by atoms with E-state index in [0.717, 1.165) is 70.6 Å². The fraction of sp³-hybridized carbons (Fsp3) is 0.745. The quantitative estimate of drug-likeness (QED) is 0.0275. The Labute approximate surface area is 341 Å². The Hall–Kier alpha value is -3.20. The fourth-order valence-electron chi connectivity index (χ4n) is 6.44. The monoisotopic (exact) mass is 787 g/mol. The van der Waals surface area contributed by atoms with Crippen molar-refractivity contribution in [1.82, 2.24) is 10.6 Å². The molecule has 2 atom stereocenters. The molecular formula is C47H82N2O7. The van der Waals surface area contributed by atoms with Crippen LogP contribution in [0.15, 0.2) is 48.6 Å². The van der Waals surface area contributed by atoms with Gasteiger partial charge in [0.25, 0.3) is 0 Å². The van der Waals surface area contributed by atoms with Crippen molar-refractivity contribution in [3.8, 4) is 0 Å². The Bertz CT molecular complexity index is 1080. The highest BCUT2D eigenvalue weighted by Crippen LogP contribution is 2.19. The van der Waals surface area contributed by atoms with Crippen LogP contribution >= 0.6 is 0 Å². The summed E-state index contributed by atoms with van der Waals surface area (Å²) in [5.74, 6) is -2.38. The largest absolute Gasteiger partial charge is 0.480 e. The first-order valence-corrected chi connectivity index (χ1v) is 22.5. The topological polar surface area (TPSA) is 142 Å². The van der Waals surface area contributed by atoms with Gasteiger partial charge in [0.1, 0.15) is 12.1 Å². The molecule has 9 heteroatoms. The first kappa shape index (κ1) is 52.8. The number of aliphatic carboxylic acids is 1. The number of amides is 2. The van der Waals surface area contributed by atoms with Crippen molar-refractivity contribution in [2.24, 2.45) is 0 Å². The second-order valence-electron chi connectivity index (χ2n) is 15.1. The second-order valence-corrected chi connectivity index (χ2v) is 15.1. The van der Waals surface area contributed by atoms with Crippen LogP contribution in [0.1, 0.15) is 200 Å². The van der Waals surface area contributed by atoms with Crippen LogP contribution in [-0.2, 0) is 23.9 Å². The van der Waals surface area contributed by atoms with Crippen molar-refractivity contribution in [3.63, 3.8) is 0 Å². The number of carboxylic acid groups (broad SMARTS) is 1. The Kier molecular flexibility index (Phi) is 39.1. The van der Waals surface area contributed by atoms with Crippen LogP contribution in [0, 0.1) is 0 Å². The van der Waals surface area contributed by atoms with Crippen LogP contribution in [0.5, 0.6) is 0 Å². The molecule has 322 valence electrons. The number of allylic oxidation sites excluding steroid dienone is 8. The molecule has 9 nitrogen and oxygen atoms in total. The van der Waals surface area contributed by atoms with Gasteiger partial charge in [-0.15, -0.1) is 0 Å². The predicted molar refractivity (Wildman–Crippen MR) is 231 cm³/mol. The van der Waals surface area contributed by atoms with E-state index in [2.05, 4.69) is 73.1 Å². The summed E-state index contributed by atoms with van der Waals surface area (Å²) in [5, 5.41) is 22.6. The van der Waals surface area contributed by atoms with Gasteiger partial charge in [-0.05, 0) is 64.2 Å². The first-order valence-electron chi connectivity index (χ1n) is 22.5. The second kappa shape index (κ2) is 41.4. The maximum atomic E-state index is 12.8. The number of carboxylic acids is 1. The number of hydrogen-bond acceptors (Lipinski definition) is 6. The van der Waals surface area contributed by atoms with Crippen LogP contribution in [0.4, 0.5) is 0 Å². The first-order chi connectivity index (χ1) is 27.3. The Balaban J connectivity index is 4.41. The predicted octanol–water partition coefficient (Wildman–Crippen LogP) is 11.2. The molecule has 4 N–H and O–H groups in total. The van der Waals surface area contributed by atoms with Crippen LogP contribution in [-0.4, -0.2) is 59.3 Å². The molecule has 0 aromatic rings. The molecule has 0 fully saturated rings. The third-order valence-corrected chi connectivity index (χ3v) is 9.85. The molecular weight excluding hydrogens is 705 g/mol. The lowest BCUT2D eigenvalue weighted by Gasteiger charge is -2.18. The van der Waals surface area contributed by atoms with E-state index in [9.17, 15) is 19.2 Å². The summed E-state index contributed by atoms with van der Waals surface area (Å²) in [7, 11) is 0. The van der Waals surface area contributed by atoms with Crippen LogP contribution in [0.25, 0.3) is 0 Å². The Morgan fingerprint density at radius 2 is 1.00 bits per heavy atom. The normalized spacial score (nSPS) is 12.9. The van der Waals surface area contributed by atoms with Crippen LogP contribution in [0.3, 0.4) is 0 Å². The number of esters is 1. The van der Waals surface area contributed by atoms with Gasteiger partial charge >= 0.3 is 11.9 Å². The van der Waals surface area contributed by atoms with Gasteiger partial charge in [-0.1, -0.05) is 172 Å².